The van der Waals surface area contributed by atoms with E-state index in [2.05, 4.69) is 15.9 Å². The lowest BCUT2D eigenvalue weighted by atomic mass is 10.3. The minimum atomic E-state index is 0.303. The maximum atomic E-state index is 5.65. The van der Waals surface area contributed by atoms with Crippen LogP contribution in [0.25, 0.3) is 0 Å². The van der Waals surface area contributed by atoms with Crippen LogP contribution in [0, 0.1) is 12.3 Å². The highest BCUT2D eigenvalue weighted by Gasteiger charge is 2.16. The molecule has 1 saturated carbocycles. The van der Waals surface area contributed by atoms with E-state index in [1.54, 1.807) is 12.4 Å². The summed E-state index contributed by atoms with van der Waals surface area (Å²) < 4.78 is 5.65. The summed E-state index contributed by atoms with van der Waals surface area (Å²) in [4.78, 5) is 8.10. The minimum Gasteiger partial charge on any atom is -0.473 e. The largest absolute Gasteiger partial charge is 0.473 e. The van der Waals surface area contributed by atoms with Gasteiger partial charge in [0.1, 0.15) is 11.8 Å². The van der Waals surface area contributed by atoms with Crippen molar-refractivity contribution in [2.45, 2.75) is 31.8 Å². The number of rotatable bonds is 2. The summed E-state index contributed by atoms with van der Waals surface area (Å²) in [5, 5.41) is 0. The average Bonchev–Trinajstić information content (AvgIpc) is 2.71. The molecule has 1 aliphatic rings. The van der Waals surface area contributed by atoms with Crippen LogP contribution in [0.4, 0.5) is 0 Å². The van der Waals surface area contributed by atoms with Crippen LogP contribution < -0.4 is 4.74 Å². The molecule has 1 aliphatic carbocycles. The molecule has 0 aliphatic heterocycles. The summed E-state index contributed by atoms with van der Waals surface area (Å²) in [5.74, 6) is 2.99. The van der Waals surface area contributed by atoms with E-state index in [1.807, 2.05) is 0 Å². The van der Waals surface area contributed by atoms with E-state index in [4.69, 9.17) is 11.2 Å². The first kappa shape index (κ1) is 9.01. The highest BCUT2D eigenvalue weighted by atomic mass is 16.5. The number of aromatic nitrogens is 2. The number of hydrogen-bond donors (Lipinski definition) is 0. The predicted molar refractivity (Wildman–Crippen MR) is 52.9 cm³/mol. The van der Waals surface area contributed by atoms with Crippen molar-refractivity contribution in [1.82, 2.24) is 9.97 Å². The van der Waals surface area contributed by atoms with Gasteiger partial charge in [-0.2, -0.15) is 0 Å². The van der Waals surface area contributed by atoms with Gasteiger partial charge in [-0.3, -0.25) is 4.98 Å². The molecule has 0 aromatic carbocycles. The van der Waals surface area contributed by atoms with E-state index >= 15 is 0 Å². The zero-order valence-electron chi connectivity index (χ0n) is 7.94. The zero-order chi connectivity index (χ0) is 9.80. The molecular formula is C11H12N2O. The monoisotopic (exact) mass is 188 g/mol. The maximum absolute atomic E-state index is 5.65. The Morgan fingerprint density at radius 2 is 2.14 bits per heavy atom. The van der Waals surface area contributed by atoms with Crippen LogP contribution in [0.2, 0.25) is 0 Å². The first-order valence-electron chi connectivity index (χ1n) is 4.84. The fourth-order valence-electron chi connectivity index (χ4n) is 1.65. The Morgan fingerprint density at radius 3 is 2.86 bits per heavy atom. The van der Waals surface area contributed by atoms with Crippen molar-refractivity contribution in [3.05, 3.63) is 18.1 Å². The Bertz CT molecular complexity index is 351. The van der Waals surface area contributed by atoms with Crippen LogP contribution in [0.3, 0.4) is 0 Å². The molecule has 0 unspecified atom stereocenters. The van der Waals surface area contributed by atoms with E-state index in [1.165, 1.54) is 12.8 Å². The van der Waals surface area contributed by atoms with Crippen LogP contribution in [0.1, 0.15) is 31.4 Å². The molecule has 14 heavy (non-hydrogen) atoms. The van der Waals surface area contributed by atoms with Crippen molar-refractivity contribution in [3.63, 3.8) is 0 Å². The first-order chi connectivity index (χ1) is 6.88. The molecule has 72 valence electrons. The molecule has 2 rings (SSSR count). The lowest BCUT2D eigenvalue weighted by Gasteiger charge is -2.11. The summed E-state index contributed by atoms with van der Waals surface area (Å²) in [7, 11) is 0. The number of ether oxygens (including phenoxy) is 1. The van der Waals surface area contributed by atoms with Gasteiger partial charge in [0, 0.05) is 0 Å². The number of terminal acetylenes is 1. The molecule has 0 bridgehead atoms. The maximum Gasteiger partial charge on any atom is 0.233 e. The summed E-state index contributed by atoms with van der Waals surface area (Å²) in [6.45, 7) is 0. The van der Waals surface area contributed by atoms with Gasteiger partial charge in [-0.1, -0.05) is 0 Å². The Morgan fingerprint density at radius 1 is 1.36 bits per heavy atom. The topological polar surface area (TPSA) is 35.0 Å². The Labute approximate surface area is 83.5 Å². The average molecular weight is 188 g/mol. The molecule has 1 aromatic heterocycles. The summed E-state index contributed by atoms with van der Waals surface area (Å²) in [6, 6.07) is 0. The van der Waals surface area contributed by atoms with Gasteiger partial charge < -0.3 is 4.74 Å². The molecule has 3 nitrogen and oxygen atoms in total. The van der Waals surface area contributed by atoms with Gasteiger partial charge in [-0.05, 0) is 31.6 Å². The second-order valence-electron chi connectivity index (χ2n) is 3.41. The van der Waals surface area contributed by atoms with Crippen LogP contribution in [0.15, 0.2) is 12.4 Å². The fourth-order valence-corrected chi connectivity index (χ4v) is 1.65. The standard InChI is InChI=1S/C11H12N2O/c1-2-9-7-12-8-11(13-9)14-10-5-3-4-6-10/h1,7-8,10H,3-6H2. The van der Waals surface area contributed by atoms with Gasteiger partial charge in [-0.25, -0.2) is 4.98 Å². The van der Waals surface area contributed by atoms with E-state index < -0.39 is 0 Å². The molecule has 1 aromatic rings. The Hall–Kier alpha value is -1.56. The fraction of sp³-hybridized carbons (Fsp3) is 0.455. The van der Waals surface area contributed by atoms with Crippen molar-refractivity contribution in [2.75, 3.05) is 0 Å². The summed E-state index contributed by atoms with van der Waals surface area (Å²) >= 11 is 0. The van der Waals surface area contributed by atoms with Crippen LogP contribution in [0.5, 0.6) is 5.88 Å². The highest BCUT2D eigenvalue weighted by Crippen LogP contribution is 2.22. The van der Waals surface area contributed by atoms with Gasteiger partial charge in [0.15, 0.2) is 0 Å². The van der Waals surface area contributed by atoms with Crippen LogP contribution in [-0.2, 0) is 0 Å². The third-order valence-electron chi connectivity index (χ3n) is 2.35. The highest BCUT2D eigenvalue weighted by molar-refractivity contribution is 5.23. The van der Waals surface area contributed by atoms with Crippen molar-refractivity contribution < 1.29 is 4.74 Å². The predicted octanol–water partition coefficient (Wildman–Crippen LogP) is 1.78. The molecule has 0 spiro atoms. The van der Waals surface area contributed by atoms with E-state index in [9.17, 15) is 0 Å². The molecule has 0 N–H and O–H groups in total. The van der Waals surface area contributed by atoms with E-state index in [0.717, 1.165) is 12.8 Å². The van der Waals surface area contributed by atoms with Gasteiger partial charge in [-0.15, -0.1) is 6.42 Å². The van der Waals surface area contributed by atoms with Crippen molar-refractivity contribution in [2.24, 2.45) is 0 Å². The normalized spacial score (nSPS) is 16.5. The molecule has 0 saturated heterocycles. The van der Waals surface area contributed by atoms with Gasteiger partial charge in [0.2, 0.25) is 5.88 Å². The van der Waals surface area contributed by atoms with Gasteiger partial charge in [0.25, 0.3) is 0 Å². The summed E-state index contributed by atoms with van der Waals surface area (Å²) in [6.07, 6.45) is 13.4. The SMILES string of the molecule is C#Cc1cncc(OC2CCCC2)n1. The third-order valence-corrected chi connectivity index (χ3v) is 2.35. The molecule has 3 heteroatoms. The van der Waals surface area contributed by atoms with Crippen molar-refractivity contribution in [3.8, 4) is 18.2 Å². The second-order valence-corrected chi connectivity index (χ2v) is 3.41. The first-order valence-corrected chi connectivity index (χ1v) is 4.84. The zero-order valence-corrected chi connectivity index (χ0v) is 7.94. The van der Waals surface area contributed by atoms with Crippen LogP contribution >= 0.6 is 0 Å². The number of nitrogens with zero attached hydrogens (tertiary/aromatic N) is 2. The molecule has 0 radical (unpaired) electrons. The van der Waals surface area contributed by atoms with E-state index in [0.29, 0.717) is 17.7 Å². The van der Waals surface area contributed by atoms with Crippen molar-refractivity contribution in [1.29, 1.82) is 0 Å². The molecule has 1 heterocycles. The second kappa shape index (κ2) is 4.10. The van der Waals surface area contributed by atoms with Crippen LogP contribution in [-0.4, -0.2) is 16.1 Å². The van der Waals surface area contributed by atoms with Gasteiger partial charge in [0.05, 0.1) is 12.4 Å². The quantitative estimate of drug-likeness (QED) is 0.663. The molecular weight excluding hydrogens is 176 g/mol. The van der Waals surface area contributed by atoms with Gasteiger partial charge >= 0.3 is 0 Å². The number of hydrogen-bond acceptors (Lipinski definition) is 3. The Kier molecular flexibility index (Phi) is 2.64. The lowest BCUT2D eigenvalue weighted by molar-refractivity contribution is 0.200. The molecule has 0 atom stereocenters. The lowest BCUT2D eigenvalue weighted by Crippen LogP contribution is -2.12. The molecule has 0 amide bonds. The summed E-state index contributed by atoms with van der Waals surface area (Å²) in [5.41, 5.74) is 0.528. The van der Waals surface area contributed by atoms with E-state index in [-0.39, 0.29) is 0 Å². The third kappa shape index (κ3) is 2.02. The Balaban J connectivity index is 2.05. The smallest absolute Gasteiger partial charge is 0.233 e. The minimum absolute atomic E-state index is 0.303. The van der Waals surface area contributed by atoms with Crippen molar-refractivity contribution >= 4 is 0 Å². The molecule has 1 fully saturated rings.